The molecule has 4 nitrogen and oxygen atoms in total. The number of carbonyl (C=O) groups excluding carboxylic acids is 1. The van der Waals surface area contributed by atoms with Gasteiger partial charge in [-0.1, -0.05) is 41.9 Å². The second kappa shape index (κ2) is 5.78. The minimum absolute atomic E-state index is 0.0171. The van der Waals surface area contributed by atoms with E-state index < -0.39 is 0 Å². The Hall–Kier alpha value is -2.20. The number of likely N-dealkylation sites (tertiary alicyclic amines) is 1. The summed E-state index contributed by atoms with van der Waals surface area (Å²) >= 11 is 6.20. The lowest BCUT2D eigenvalue weighted by atomic mass is 10.0. The first-order chi connectivity index (χ1) is 11.2. The lowest BCUT2D eigenvalue weighted by Crippen LogP contribution is -2.30. The van der Waals surface area contributed by atoms with Crippen molar-refractivity contribution in [1.29, 1.82) is 0 Å². The molecule has 0 aromatic heterocycles. The third-order valence-electron chi connectivity index (χ3n) is 4.37. The van der Waals surface area contributed by atoms with Crippen LogP contribution in [0.3, 0.4) is 0 Å². The van der Waals surface area contributed by atoms with Gasteiger partial charge in [-0.25, -0.2) is 0 Å². The smallest absolute Gasteiger partial charge is 0.254 e. The van der Waals surface area contributed by atoms with E-state index in [-0.39, 0.29) is 18.7 Å². The Morgan fingerprint density at radius 2 is 2.00 bits per heavy atom. The quantitative estimate of drug-likeness (QED) is 0.834. The van der Waals surface area contributed by atoms with E-state index in [9.17, 15) is 4.79 Å². The first kappa shape index (κ1) is 14.4. The van der Waals surface area contributed by atoms with Crippen LogP contribution in [0.1, 0.15) is 34.8 Å². The van der Waals surface area contributed by atoms with Gasteiger partial charge in [-0.15, -0.1) is 0 Å². The van der Waals surface area contributed by atoms with Gasteiger partial charge in [-0.3, -0.25) is 4.79 Å². The molecule has 4 rings (SSSR count). The Morgan fingerprint density at radius 3 is 2.83 bits per heavy atom. The fourth-order valence-electron chi connectivity index (χ4n) is 3.29. The zero-order chi connectivity index (χ0) is 15.8. The SMILES string of the molecule is O=C(c1cc(Cl)c2c(c1)OCO2)N1CCC[C@@H]1c1ccccc1. The van der Waals surface area contributed by atoms with Gasteiger partial charge in [-0.2, -0.15) is 0 Å². The summed E-state index contributed by atoms with van der Waals surface area (Å²) in [5.41, 5.74) is 1.72. The summed E-state index contributed by atoms with van der Waals surface area (Å²) in [7, 11) is 0. The molecular formula is C18H16ClNO3. The normalized spacial score (nSPS) is 19.2. The molecular weight excluding hydrogens is 314 g/mol. The highest BCUT2D eigenvalue weighted by Crippen LogP contribution is 2.41. The van der Waals surface area contributed by atoms with Gasteiger partial charge >= 0.3 is 0 Å². The molecule has 0 bridgehead atoms. The molecule has 0 N–H and O–H groups in total. The van der Waals surface area contributed by atoms with E-state index in [0.29, 0.717) is 22.1 Å². The lowest BCUT2D eigenvalue weighted by Gasteiger charge is -2.25. The van der Waals surface area contributed by atoms with Gasteiger partial charge in [0.25, 0.3) is 5.91 Å². The van der Waals surface area contributed by atoms with Crippen LogP contribution in [-0.4, -0.2) is 24.1 Å². The fourth-order valence-corrected chi connectivity index (χ4v) is 3.55. The number of amides is 1. The molecule has 118 valence electrons. The minimum atomic E-state index is -0.0171. The van der Waals surface area contributed by atoms with E-state index in [1.165, 1.54) is 5.56 Å². The standard InChI is InChI=1S/C18H16ClNO3/c19-14-9-13(10-16-17(14)23-11-22-16)18(21)20-8-4-7-15(20)12-5-2-1-3-6-12/h1-3,5-6,9-10,15H,4,7-8,11H2/t15-/m1/s1. The third kappa shape index (κ3) is 2.53. The van der Waals surface area contributed by atoms with Crippen LogP contribution in [0, 0.1) is 0 Å². The number of ether oxygens (including phenoxy) is 2. The maximum atomic E-state index is 13.0. The Bertz CT molecular complexity index is 747. The molecule has 5 heteroatoms. The van der Waals surface area contributed by atoms with Crippen molar-refractivity contribution < 1.29 is 14.3 Å². The number of fused-ring (bicyclic) bond motifs is 1. The average Bonchev–Trinajstić information content (AvgIpc) is 3.24. The van der Waals surface area contributed by atoms with Crippen molar-refractivity contribution in [2.75, 3.05) is 13.3 Å². The summed E-state index contributed by atoms with van der Waals surface area (Å²) in [5.74, 6) is 1.04. The highest BCUT2D eigenvalue weighted by atomic mass is 35.5. The minimum Gasteiger partial charge on any atom is -0.454 e. The van der Waals surface area contributed by atoms with Crippen LogP contribution in [0.25, 0.3) is 0 Å². The van der Waals surface area contributed by atoms with Crippen molar-refractivity contribution in [2.45, 2.75) is 18.9 Å². The predicted molar refractivity (Wildman–Crippen MR) is 87.0 cm³/mol. The number of nitrogens with zero attached hydrogens (tertiary/aromatic N) is 1. The molecule has 23 heavy (non-hydrogen) atoms. The van der Waals surface area contributed by atoms with E-state index >= 15 is 0 Å². The van der Waals surface area contributed by atoms with Gasteiger partial charge < -0.3 is 14.4 Å². The van der Waals surface area contributed by atoms with Crippen molar-refractivity contribution in [3.8, 4) is 11.5 Å². The van der Waals surface area contributed by atoms with Crippen LogP contribution >= 0.6 is 11.6 Å². The second-order valence-corrected chi connectivity index (χ2v) is 6.17. The summed E-state index contributed by atoms with van der Waals surface area (Å²) < 4.78 is 10.7. The molecule has 0 spiro atoms. The Morgan fingerprint density at radius 1 is 1.17 bits per heavy atom. The molecule has 2 aromatic rings. The summed E-state index contributed by atoms with van der Waals surface area (Å²) in [6.07, 6.45) is 1.98. The van der Waals surface area contributed by atoms with E-state index in [4.69, 9.17) is 21.1 Å². The van der Waals surface area contributed by atoms with Crippen LogP contribution in [0.5, 0.6) is 11.5 Å². The molecule has 0 aliphatic carbocycles. The number of hydrogen-bond donors (Lipinski definition) is 0. The number of rotatable bonds is 2. The van der Waals surface area contributed by atoms with Crippen molar-refractivity contribution in [1.82, 2.24) is 4.90 Å². The Kier molecular flexibility index (Phi) is 3.62. The monoisotopic (exact) mass is 329 g/mol. The zero-order valence-corrected chi connectivity index (χ0v) is 13.3. The van der Waals surface area contributed by atoms with Crippen LogP contribution in [-0.2, 0) is 0 Å². The molecule has 2 aliphatic heterocycles. The van der Waals surface area contributed by atoms with E-state index in [1.807, 2.05) is 23.1 Å². The zero-order valence-electron chi connectivity index (χ0n) is 12.5. The maximum absolute atomic E-state index is 13.0. The topological polar surface area (TPSA) is 38.8 Å². The largest absolute Gasteiger partial charge is 0.454 e. The molecule has 0 saturated carbocycles. The van der Waals surface area contributed by atoms with Gasteiger partial charge in [0, 0.05) is 12.1 Å². The van der Waals surface area contributed by atoms with Gasteiger partial charge in [0.2, 0.25) is 6.79 Å². The van der Waals surface area contributed by atoms with Crippen molar-refractivity contribution in [3.05, 3.63) is 58.6 Å². The molecule has 2 aromatic carbocycles. The summed E-state index contributed by atoms with van der Waals surface area (Å²) in [4.78, 5) is 14.9. The summed E-state index contributed by atoms with van der Waals surface area (Å²) in [5, 5.41) is 0.416. The number of carbonyl (C=O) groups is 1. The van der Waals surface area contributed by atoms with Crippen LogP contribution in [0.2, 0.25) is 5.02 Å². The van der Waals surface area contributed by atoms with Gasteiger partial charge in [-0.05, 0) is 30.5 Å². The number of hydrogen-bond acceptors (Lipinski definition) is 3. The van der Waals surface area contributed by atoms with Crippen LogP contribution < -0.4 is 9.47 Å². The molecule has 2 aliphatic rings. The second-order valence-electron chi connectivity index (χ2n) is 5.76. The van der Waals surface area contributed by atoms with Gasteiger partial charge in [0.15, 0.2) is 11.5 Å². The summed E-state index contributed by atoms with van der Waals surface area (Å²) in [6, 6.07) is 13.7. The Balaban J connectivity index is 1.65. The van der Waals surface area contributed by atoms with Gasteiger partial charge in [0.1, 0.15) is 0 Å². The predicted octanol–water partition coefficient (Wildman–Crippen LogP) is 4.05. The van der Waals surface area contributed by atoms with E-state index in [0.717, 1.165) is 19.4 Å². The molecule has 1 amide bonds. The average molecular weight is 330 g/mol. The highest BCUT2D eigenvalue weighted by Gasteiger charge is 2.31. The van der Waals surface area contributed by atoms with Gasteiger partial charge in [0.05, 0.1) is 11.1 Å². The lowest BCUT2D eigenvalue weighted by molar-refractivity contribution is 0.0735. The maximum Gasteiger partial charge on any atom is 0.254 e. The third-order valence-corrected chi connectivity index (χ3v) is 4.65. The van der Waals surface area contributed by atoms with Crippen molar-refractivity contribution in [3.63, 3.8) is 0 Å². The first-order valence-electron chi connectivity index (χ1n) is 7.69. The highest BCUT2D eigenvalue weighted by molar-refractivity contribution is 6.32. The van der Waals surface area contributed by atoms with Crippen LogP contribution in [0.15, 0.2) is 42.5 Å². The van der Waals surface area contributed by atoms with E-state index in [1.54, 1.807) is 12.1 Å². The molecule has 1 saturated heterocycles. The van der Waals surface area contributed by atoms with E-state index in [2.05, 4.69) is 12.1 Å². The molecule has 0 unspecified atom stereocenters. The summed E-state index contributed by atoms with van der Waals surface area (Å²) in [6.45, 7) is 0.896. The molecule has 1 fully saturated rings. The van der Waals surface area contributed by atoms with Crippen molar-refractivity contribution >= 4 is 17.5 Å². The first-order valence-corrected chi connectivity index (χ1v) is 8.07. The molecule has 2 heterocycles. The molecule has 0 radical (unpaired) electrons. The Labute approximate surface area is 139 Å². The number of halogens is 1. The molecule has 1 atom stereocenters. The fraction of sp³-hybridized carbons (Fsp3) is 0.278. The van der Waals surface area contributed by atoms with Crippen molar-refractivity contribution in [2.24, 2.45) is 0 Å². The number of benzene rings is 2. The van der Waals surface area contributed by atoms with Crippen LogP contribution in [0.4, 0.5) is 0 Å².